The third kappa shape index (κ3) is 3.43. The van der Waals surface area contributed by atoms with Crippen molar-refractivity contribution in [3.8, 4) is 0 Å². The highest BCUT2D eigenvalue weighted by atomic mass is 32.2. The predicted molar refractivity (Wildman–Crippen MR) is 101 cm³/mol. The van der Waals surface area contributed by atoms with E-state index in [4.69, 9.17) is 5.73 Å². The highest BCUT2D eigenvalue weighted by Crippen LogP contribution is 2.34. The van der Waals surface area contributed by atoms with Gasteiger partial charge in [-0.3, -0.25) is 4.79 Å². The summed E-state index contributed by atoms with van der Waals surface area (Å²) in [7, 11) is 0. The highest BCUT2D eigenvalue weighted by Gasteiger charge is 2.31. The number of carbonyl (C=O) groups excluding carboxylic acids is 1. The summed E-state index contributed by atoms with van der Waals surface area (Å²) in [6.45, 7) is 7.82. The van der Waals surface area contributed by atoms with E-state index in [0.717, 1.165) is 34.0 Å². The molecule has 0 saturated carbocycles. The Labute approximate surface area is 151 Å². The van der Waals surface area contributed by atoms with Gasteiger partial charge in [-0.1, -0.05) is 0 Å². The highest BCUT2D eigenvalue weighted by molar-refractivity contribution is 7.99. The first-order valence-electron chi connectivity index (χ1n) is 8.34. The molecule has 0 radical (unpaired) electrons. The number of thioether (sulfide) groups is 1. The van der Waals surface area contributed by atoms with Crippen LogP contribution in [0.3, 0.4) is 0 Å². The maximum Gasteiger partial charge on any atom is 0.223 e. The van der Waals surface area contributed by atoms with Crippen molar-refractivity contribution >= 4 is 39.2 Å². The second kappa shape index (κ2) is 7.37. The van der Waals surface area contributed by atoms with E-state index in [1.165, 1.54) is 10.4 Å². The van der Waals surface area contributed by atoms with Crippen molar-refractivity contribution in [2.45, 2.75) is 44.7 Å². The van der Waals surface area contributed by atoms with Gasteiger partial charge in [0.15, 0.2) is 0 Å². The van der Waals surface area contributed by atoms with Gasteiger partial charge in [-0.25, -0.2) is 9.97 Å². The minimum absolute atomic E-state index is 0.231. The number of amides is 1. The maximum atomic E-state index is 12.5. The van der Waals surface area contributed by atoms with Crippen molar-refractivity contribution in [2.75, 3.05) is 18.8 Å². The molecule has 7 heteroatoms. The van der Waals surface area contributed by atoms with Crippen LogP contribution in [0.4, 0.5) is 0 Å². The third-order valence-electron chi connectivity index (χ3n) is 4.80. The number of hydrogen-bond acceptors (Lipinski definition) is 6. The number of aromatic nitrogens is 2. The zero-order chi connectivity index (χ0) is 17.3. The number of rotatable bonds is 5. The fraction of sp³-hybridized carbons (Fsp3) is 0.588. The minimum Gasteiger partial charge on any atom is -0.340 e. The molecular weight excluding hydrogens is 340 g/mol. The number of nitrogens with zero attached hydrogens (tertiary/aromatic N) is 3. The maximum absolute atomic E-state index is 12.5. The van der Waals surface area contributed by atoms with Gasteiger partial charge in [0.1, 0.15) is 16.2 Å². The van der Waals surface area contributed by atoms with Gasteiger partial charge < -0.3 is 10.6 Å². The van der Waals surface area contributed by atoms with Crippen LogP contribution in [0.5, 0.6) is 0 Å². The van der Waals surface area contributed by atoms with E-state index in [0.29, 0.717) is 24.9 Å². The van der Waals surface area contributed by atoms with Gasteiger partial charge in [0.25, 0.3) is 0 Å². The van der Waals surface area contributed by atoms with E-state index < -0.39 is 0 Å². The molecule has 2 unspecified atom stereocenters. The minimum atomic E-state index is 0.231. The zero-order valence-electron chi connectivity index (χ0n) is 14.4. The molecule has 1 amide bonds. The summed E-state index contributed by atoms with van der Waals surface area (Å²) >= 11 is 3.36. The van der Waals surface area contributed by atoms with Gasteiger partial charge in [0.2, 0.25) is 5.91 Å². The summed E-state index contributed by atoms with van der Waals surface area (Å²) in [5.41, 5.74) is 7.00. The summed E-state index contributed by atoms with van der Waals surface area (Å²) in [6.07, 6.45) is 3.19. The van der Waals surface area contributed by atoms with Gasteiger partial charge in [-0.05, 0) is 45.2 Å². The van der Waals surface area contributed by atoms with E-state index in [9.17, 15) is 4.79 Å². The van der Waals surface area contributed by atoms with Crippen LogP contribution in [0.25, 0.3) is 10.2 Å². The third-order valence-corrected chi connectivity index (χ3v) is 6.91. The molecule has 3 rings (SSSR count). The first-order chi connectivity index (χ1) is 11.5. The lowest BCUT2D eigenvalue weighted by Gasteiger charge is -2.21. The number of likely N-dealkylation sites (tertiary alicyclic amines) is 1. The van der Waals surface area contributed by atoms with Crippen molar-refractivity contribution in [1.29, 1.82) is 0 Å². The topological polar surface area (TPSA) is 72.1 Å². The van der Waals surface area contributed by atoms with Crippen molar-refractivity contribution in [1.82, 2.24) is 14.9 Å². The molecule has 2 aromatic rings. The van der Waals surface area contributed by atoms with Crippen LogP contribution in [0, 0.1) is 19.8 Å². The van der Waals surface area contributed by atoms with E-state index in [1.54, 1.807) is 29.4 Å². The van der Waals surface area contributed by atoms with E-state index in [1.807, 2.05) is 4.90 Å². The Hall–Kier alpha value is -1.18. The molecule has 2 aromatic heterocycles. The number of thiophene rings is 1. The molecule has 1 fully saturated rings. The second-order valence-corrected chi connectivity index (χ2v) is 8.76. The quantitative estimate of drug-likeness (QED) is 0.652. The van der Waals surface area contributed by atoms with Gasteiger partial charge in [0.05, 0.1) is 0 Å². The van der Waals surface area contributed by atoms with Crippen LogP contribution in [0.1, 0.15) is 30.2 Å². The molecular formula is C17H24N4OS2. The molecule has 0 aromatic carbocycles. The van der Waals surface area contributed by atoms with Gasteiger partial charge >= 0.3 is 0 Å². The standard InChI is InChI=1S/C17H24N4OS2/c1-10-6-13(7-18)8-21(10)14(22)4-5-23-16-15-11(2)12(3)24-17(15)20-9-19-16/h9-10,13H,4-8,18H2,1-3H3. The molecule has 0 spiro atoms. The summed E-state index contributed by atoms with van der Waals surface area (Å²) in [6, 6.07) is 0.309. The van der Waals surface area contributed by atoms with Gasteiger partial charge in [0, 0.05) is 35.0 Å². The average molecular weight is 365 g/mol. The Balaban J connectivity index is 1.62. The number of fused-ring (bicyclic) bond motifs is 1. The molecule has 2 N–H and O–H groups in total. The summed E-state index contributed by atoms with van der Waals surface area (Å²) in [4.78, 5) is 25.6. The first kappa shape index (κ1) is 17.6. The van der Waals surface area contributed by atoms with Crippen LogP contribution in [-0.4, -0.2) is 45.7 Å². The Kier molecular flexibility index (Phi) is 5.42. The molecule has 24 heavy (non-hydrogen) atoms. The lowest BCUT2D eigenvalue weighted by Crippen LogP contribution is -2.34. The molecule has 1 aliphatic heterocycles. The Morgan fingerprint density at radius 1 is 1.46 bits per heavy atom. The first-order valence-corrected chi connectivity index (χ1v) is 10.1. The second-order valence-electron chi connectivity index (χ2n) is 6.47. The van der Waals surface area contributed by atoms with Crippen LogP contribution < -0.4 is 5.73 Å². The Morgan fingerprint density at radius 3 is 2.96 bits per heavy atom. The van der Waals surface area contributed by atoms with E-state index in [-0.39, 0.29) is 5.91 Å². The molecule has 130 valence electrons. The van der Waals surface area contributed by atoms with Crippen LogP contribution in [0.2, 0.25) is 0 Å². The fourth-order valence-corrected chi connectivity index (χ4v) is 5.35. The average Bonchev–Trinajstić information content (AvgIpc) is 3.08. The molecule has 5 nitrogen and oxygen atoms in total. The van der Waals surface area contributed by atoms with Crippen molar-refractivity contribution in [2.24, 2.45) is 11.7 Å². The normalized spacial score (nSPS) is 20.9. The predicted octanol–water partition coefficient (Wildman–Crippen LogP) is 2.99. The van der Waals surface area contributed by atoms with Crippen LogP contribution >= 0.6 is 23.1 Å². The zero-order valence-corrected chi connectivity index (χ0v) is 16.0. The molecule has 2 atom stereocenters. The largest absolute Gasteiger partial charge is 0.340 e. The SMILES string of the molecule is Cc1sc2ncnc(SCCC(=O)N3CC(CN)CC3C)c2c1C. The van der Waals surface area contributed by atoms with Gasteiger partial charge in [-0.2, -0.15) is 0 Å². The Bertz CT molecular complexity index is 746. The van der Waals surface area contributed by atoms with E-state index >= 15 is 0 Å². The number of hydrogen-bond donors (Lipinski definition) is 1. The number of aryl methyl sites for hydroxylation is 2. The molecule has 1 saturated heterocycles. The van der Waals surface area contributed by atoms with Crippen LogP contribution in [-0.2, 0) is 4.79 Å². The molecule has 0 bridgehead atoms. The smallest absolute Gasteiger partial charge is 0.223 e. The monoisotopic (exact) mass is 364 g/mol. The molecule has 0 aliphatic carbocycles. The summed E-state index contributed by atoms with van der Waals surface area (Å²) < 4.78 is 0. The van der Waals surface area contributed by atoms with Crippen LogP contribution in [0.15, 0.2) is 11.4 Å². The number of carbonyl (C=O) groups is 1. The summed E-state index contributed by atoms with van der Waals surface area (Å²) in [5.74, 6) is 1.43. The lowest BCUT2D eigenvalue weighted by atomic mass is 10.1. The Morgan fingerprint density at radius 2 is 2.25 bits per heavy atom. The van der Waals surface area contributed by atoms with Crippen molar-refractivity contribution in [3.05, 3.63) is 16.8 Å². The van der Waals surface area contributed by atoms with Crippen molar-refractivity contribution in [3.63, 3.8) is 0 Å². The molecule has 1 aliphatic rings. The van der Waals surface area contributed by atoms with Gasteiger partial charge in [-0.15, -0.1) is 23.1 Å². The number of nitrogens with two attached hydrogens (primary N) is 1. The molecule has 3 heterocycles. The van der Waals surface area contributed by atoms with Crippen molar-refractivity contribution < 1.29 is 4.79 Å². The summed E-state index contributed by atoms with van der Waals surface area (Å²) in [5, 5.41) is 2.14. The lowest BCUT2D eigenvalue weighted by molar-refractivity contribution is -0.131. The fourth-order valence-electron chi connectivity index (χ4n) is 3.30. The van der Waals surface area contributed by atoms with E-state index in [2.05, 4.69) is 30.7 Å².